The lowest BCUT2D eigenvalue weighted by Crippen LogP contribution is -2.28. The van der Waals surface area contributed by atoms with Crippen LogP contribution in [0, 0.1) is 0 Å². The molecule has 96 valence electrons. The van der Waals surface area contributed by atoms with Crippen LogP contribution in [-0.2, 0) is 9.59 Å². The van der Waals surface area contributed by atoms with Gasteiger partial charge in [0.1, 0.15) is 12.4 Å². The summed E-state index contributed by atoms with van der Waals surface area (Å²) in [6.07, 6.45) is 1.40. The van der Waals surface area contributed by atoms with Gasteiger partial charge < -0.3 is 14.6 Å². The molecule has 0 saturated carbocycles. The van der Waals surface area contributed by atoms with Crippen LogP contribution in [-0.4, -0.2) is 24.7 Å². The number of carboxylic acids is 1. The van der Waals surface area contributed by atoms with Crippen molar-refractivity contribution in [3.8, 4) is 5.75 Å². The molecule has 0 spiro atoms. The standard InChI is InChI=1S/C11H11ClN2O4/c1-7(15)14-13-5-8-2-3-10(9(12)4-8)18-6-11(16)17/h2-5H,6H2,1H3,(H,14,15)(H,16,17)/p-1/b13-5-. The molecular formula is C11H10ClN2O4-. The lowest BCUT2D eigenvalue weighted by Gasteiger charge is -2.08. The molecule has 0 aliphatic heterocycles. The average Bonchev–Trinajstić information content (AvgIpc) is 2.27. The summed E-state index contributed by atoms with van der Waals surface area (Å²) in [5.41, 5.74) is 2.87. The van der Waals surface area contributed by atoms with Gasteiger partial charge in [0, 0.05) is 6.92 Å². The maximum absolute atomic E-state index is 10.6. The molecule has 0 radical (unpaired) electrons. The highest BCUT2D eigenvalue weighted by Gasteiger charge is 2.02. The molecule has 1 aromatic carbocycles. The normalized spacial score (nSPS) is 10.3. The first-order valence-electron chi connectivity index (χ1n) is 4.91. The van der Waals surface area contributed by atoms with E-state index in [1.807, 2.05) is 0 Å². The number of rotatable bonds is 5. The zero-order chi connectivity index (χ0) is 13.5. The van der Waals surface area contributed by atoms with E-state index in [9.17, 15) is 14.7 Å². The van der Waals surface area contributed by atoms with E-state index in [0.29, 0.717) is 5.56 Å². The summed E-state index contributed by atoms with van der Waals surface area (Å²) in [4.78, 5) is 20.8. The molecule has 7 heteroatoms. The van der Waals surface area contributed by atoms with E-state index in [-0.39, 0.29) is 16.7 Å². The molecule has 0 aromatic heterocycles. The van der Waals surface area contributed by atoms with E-state index in [1.54, 1.807) is 6.07 Å². The van der Waals surface area contributed by atoms with Gasteiger partial charge in [-0.2, -0.15) is 5.10 Å². The largest absolute Gasteiger partial charge is 0.546 e. The van der Waals surface area contributed by atoms with Crippen molar-refractivity contribution in [1.29, 1.82) is 0 Å². The number of hydrogen-bond donors (Lipinski definition) is 1. The summed E-state index contributed by atoms with van der Waals surface area (Å²) in [5, 5.41) is 14.1. The fraction of sp³-hybridized carbons (Fsp3) is 0.182. The number of ether oxygens (including phenoxy) is 1. The Morgan fingerprint density at radius 1 is 1.56 bits per heavy atom. The second kappa shape index (κ2) is 6.61. The minimum atomic E-state index is -1.33. The van der Waals surface area contributed by atoms with Crippen LogP contribution in [0.3, 0.4) is 0 Å². The van der Waals surface area contributed by atoms with E-state index in [2.05, 4.69) is 10.5 Å². The lowest BCUT2D eigenvalue weighted by atomic mass is 10.2. The highest BCUT2D eigenvalue weighted by Crippen LogP contribution is 2.24. The maximum atomic E-state index is 10.6. The summed E-state index contributed by atoms with van der Waals surface area (Å²) in [5.74, 6) is -1.38. The van der Waals surface area contributed by atoms with Crippen molar-refractivity contribution in [2.24, 2.45) is 5.10 Å². The zero-order valence-corrected chi connectivity index (χ0v) is 10.2. The van der Waals surface area contributed by atoms with E-state index in [1.165, 1.54) is 25.3 Å². The molecule has 1 amide bonds. The van der Waals surface area contributed by atoms with Crippen LogP contribution < -0.4 is 15.3 Å². The van der Waals surface area contributed by atoms with E-state index in [0.717, 1.165) is 0 Å². The molecule has 1 aromatic rings. The number of carbonyl (C=O) groups is 2. The van der Waals surface area contributed by atoms with Crippen LogP contribution in [0.1, 0.15) is 12.5 Å². The van der Waals surface area contributed by atoms with Gasteiger partial charge in [-0.3, -0.25) is 4.79 Å². The Labute approximate surface area is 108 Å². The highest BCUT2D eigenvalue weighted by atomic mass is 35.5. The number of halogens is 1. The maximum Gasteiger partial charge on any atom is 0.236 e. The zero-order valence-electron chi connectivity index (χ0n) is 9.47. The van der Waals surface area contributed by atoms with Gasteiger partial charge in [-0.15, -0.1) is 0 Å². The third-order valence-electron chi connectivity index (χ3n) is 1.74. The molecule has 0 heterocycles. The summed E-state index contributed by atoms with van der Waals surface area (Å²) in [7, 11) is 0. The molecule has 0 aliphatic rings. The first kappa shape index (κ1) is 14.0. The number of hydrogen-bond acceptors (Lipinski definition) is 5. The molecule has 0 fully saturated rings. The molecule has 0 aliphatic carbocycles. The minimum Gasteiger partial charge on any atom is -0.546 e. The number of benzene rings is 1. The third kappa shape index (κ3) is 4.84. The minimum absolute atomic E-state index is 0.234. The molecular weight excluding hydrogens is 260 g/mol. The molecule has 18 heavy (non-hydrogen) atoms. The quantitative estimate of drug-likeness (QED) is 0.599. The Morgan fingerprint density at radius 2 is 2.28 bits per heavy atom. The van der Waals surface area contributed by atoms with E-state index in [4.69, 9.17) is 16.3 Å². The Morgan fingerprint density at radius 3 is 2.83 bits per heavy atom. The molecule has 1 N–H and O–H groups in total. The first-order chi connectivity index (χ1) is 8.49. The van der Waals surface area contributed by atoms with E-state index < -0.39 is 12.6 Å². The molecule has 0 atom stereocenters. The Kier molecular flexibility index (Phi) is 5.13. The summed E-state index contributed by atoms with van der Waals surface area (Å²) < 4.78 is 4.89. The average molecular weight is 270 g/mol. The highest BCUT2D eigenvalue weighted by molar-refractivity contribution is 6.32. The second-order valence-electron chi connectivity index (χ2n) is 3.28. The van der Waals surface area contributed by atoms with Crippen molar-refractivity contribution >= 4 is 29.7 Å². The van der Waals surface area contributed by atoms with Gasteiger partial charge in [-0.05, 0) is 23.8 Å². The molecule has 0 bridgehead atoms. The summed E-state index contributed by atoms with van der Waals surface area (Å²) in [6, 6.07) is 4.64. The Bertz CT molecular complexity index is 488. The van der Waals surface area contributed by atoms with Crippen molar-refractivity contribution in [2.75, 3.05) is 6.61 Å². The first-order valence-corrected chi connectivity index (χ1v) is 5.28. The van der Waals surface area contributed by atoms with Gasteiger partial charge in [0.25, 0.3) is 0 Å². The van der Waals surface area contributed by atoms with Gasteiger partial charge in [-0.25, -0.2) is 5.43 Å². The van der Waals surface area contributed by atoms with Crippen LogP contribution >= 0.6 is 11.6 Å². The van der Waals surface area contributed by atoms with Gasteiger partial charge in [0.15, 0.2) is 0 Å². The fourth-order valence-electron chi connectivity index (χ4n) is 1.05. The van der Waals surface area contributed by atoms with Gasteiger partial charge in [-0.1, -0.05) is 11.6 Å². The number of hydrazone groups is 1. The monoisotopic (exact) mass is 269 g/mol. The molecule has 6 nitrogen and oxygen atoms in total. The molecule has 0 saturated heterocycles. The van der Waals surface area contributed by atoms with Crippen molar-refractivity contribution < 1.29 is 19.4 Å². The van der Waals surface area contributed by atoms with Gasteiger partial charge in [0.05, 0.1) is 17.2 Å². The van der Waals surface area contributed by atoms with Gasteiger partial charge >= 0.3 is 0 Å². The summed E-state index contributed by atoms with van der Waals surface area (Å²) >= 11 is 5.87. The number of carboxylic acid groups (broad SMARTS) is 1. The van der Waals surface area contributed by atoms with Crippen LogP contribution in [0.15, 0.2) is 23.3 Å². The number of nitrogens with zero attached hydrogens (tertiary/aromatic N) is 1. The number of aliphatic carboxylic acids is 1. The summed E-state index contributed by atoms with van der Waals surface area (Å²) in [6.45, 7) is 0.764. The van der Waals surface area contributed by atoms with Crippen molar-refractivity contribution in [3.05, 3.63) is 28.8 Å². The third-order valence-corrected chi connectivity index (χ3v) is 2.03. The van der Waals surface area contributed by atoms with Crippen LogP contribution in [0.4, 0.5) is 0 Å². The number of amides is 1. The number of carbonyl (C=O) groups excluding carboxylic acids is 2. The predicted octanol–water partition coefficient (Wildman–Crippen LogP) is -0.0613. The molecule has 1 rings (SSSR count). The Balaban J connectivity index is 2.69. The molecule has 0 unspecified atom stereocenters. The number of nitrogens with one attached hydrogen (secondary N) is 1. The SMILES string of the molecule is CC(=O)N/N=C\c1ccc(OCC(=O)[O-])c(Cl)c1. The van der Waals surface area contributed by atoms with Crippen molar-refractivity contribution in [3.63, 3.8) is 0 Å². The predicted molar refractivity (Wildman–Crippen MR) is 63.4 cm³/mol. The lowest BCUT2D eigenvalue weighted by molar-refractivity contribution is -0.307. The van der Waals surface area contributed by atoms with Crippen LogP contribution in [0.25, 0.3) is 0 Å². The fourth-order valence-corrected chi connectivity index (χ4v) is 1.29. The smallest absolute Gasteiger partial charge is 0.236 e. The van der Waals surface area contributed by atoms with Crippen LogP contribution in [0.2, 0.25) is 5.02 Å². The second-order valence-corrected chi connectivity index (χ2v) is 3.68. The van der Waals surface area contributed by atoms with Crippen molar-refractivity contribution in [2.45, 2.75) is 6.92 Å². The van der Waals surface area contributed by atoms with Crippen molar-refractivity contribution in [1.82, 2.24) is 5.43 Å². The topological polar surface area (TPSA) is 90.8 Å². The Hall–Kier alpha value is -2.08. The van der Waals surface area contributed by atoms with E-state index >= 15 is 0 Å². The van der Waals surface area contributed by atoms with Gasteiger partial charge in [0.2, 0.25) is 5.91 Å². The van der Waals surface area contributed by atoms with Crippen LogP contribution in [0.5, 0.6) is 5.75 Å².